The van der Waals surface area contributed by atoms with Crippen LogP contribution in [0.1, 0.15) is 29.3 Å². The van der Waals surface area contributed by atoms with Crippen molar-refractivity contribution in [1.82, 2.24) is 15.5 Å². The third-order valence-electron chi connectivity index (χ3n) is 5.87. The summed E-state index contributed by atoms with van der Waals surface area (Å²) >= 11 is 0. The number of nitrogens with zero attached hydrogens (tertiary/aromatic N) is 2. The minimum atomic E-state index is -0.353. The van der Waals surface area contributed by atoms with Crippen LogP contribution in [0.3, 0.4) is 0 Å². The molecule has 4 rings (SSSR count). The van der Waals surface area contributed by atoms with Crippen molar-refractivity contribution >= 4 is 17.6 Å². The van der Waals surface area contributed by atoms with Crippen LogP contribution in [-0.4, -0.2) is 42.3 Å². The highest BCUT2D eigenvalue weighted by atomic mass is 16.5. The lowest BCUT2D eigenvalue weighted by molar-refractivity contribution is -0.140. The molecule has 1 aromatic heterocycles. The predicted molar refractivity (Wildman–Crippen MR) is 142 cm³/mol. The highest BCUT2D eigenvalue weighted by Crippen LogP contribution is 2.24. The lowest BCUT2D eigenvalue weighted by Gasteiger charge is -2.14. The molecule has 190 valence electrons. The maximum atomic E-state index is 12.2. The number of nitrogens with one attached hydrogen (secondary N) is 2. The number of amides is 1. The van der Waals surface area contributed by atoms with Gasteiger partial charge in [0.15, 0.2) is 0 Å². The fraction of sp³-hybridized carbons (Fsp3) is 0.241. The summed E-state index contributed by atoms with van der Waals surface area (Å²) in [4.78, 5) is 23.3. The first kappa shape index (κ1) is 25.6. The Balaban J connectivity index is 1.24. The van der Waals surface area contributed by atoms with Gasteiger partial charge in [0.1, 0.15) is 0 Å². The molecule has 37 heavy (non-hydrogen) atoms. The lowest BCUT2D eigenvalue weighted by atomic mass is 10.00. The summed E-state index contributed by atoms with van der Waals surface area (Å²) in [6.07, 6.45) is 1.06. The Bertz CT molecular complexity index is 1300. The zero-order valence-electron chi connectivity index (χ0n) is 20.9. The van der Waals surface area contributed by atoms with E-state index in [0.717, 1.165) is 29.8 Å². The molecule has 2 N–H and O–H groups in total. The van der Waals surface area contributed by atoms with Gasteiger partial charge in [-0.3, -0.25) is 9.59 Å². The molecule has 1 heterocycles. The molecule has 0 fully saturated rings. The van der Waals surface area contributed by atoms with Gasteiger partial charge < -0.3 is 19.8 Å². The molecule has 1 unspecified atom stereocenters. The van der Waals surface area contributed by atoms with Gasteiger partial charge in [-0.05, 0) is 66.4 Å². The molecule has 1 atom stereocenters. The molecule has 0 spiro atoms. The van der Waals surface area contributed by atoms with E-state index in [9.17, 15) is 9.59 Å². The first-order chi connectivity index (χ1) is 18.0. The monoisotopic (exact) mass is 498 g/mol. The van der Waals surface area contributed by atoms with Gasteiger partial charge in [0, 0.05) is 35.5 Å². The number of carbonyl (C=O) groups is 2. The van der Waals surface area contributed by atoms with E-state index >= 15 is 0 Å². The molecule has 8 nitrogen and oxygen atoms in total. The third-order valence-corrected chi connectivity index (χ3v) is 5.87. The number of benzene rings is 3. The zero-order valence-corrected chi connectivity index (χ0v) is 20.9. The van der Waals surface area contributed by atoms with Crippen LogP contribution in [-0.2, 0) is 16.0 Å². The van der Waals surface area contributed by atoms with Crippen LogP contribution in [0.2, 0.25) is 0 Å². The van der Waals surface area contributed by atoms with Crippen LogP contribution in [0.5, 0.6) is 0 Å². The topological polar surface area (TPSA) is 106 Å². The summed E-state index contributed by atoms with van der Waals surface area (Å²) in [6.45, 7) is 3.22. The van der Waals surface area contributed by atoms with Gasteiger partial charge in [0.25, 0.3) is 5.91 Å². The number of carbonyl (C=O) groups excluding carboxylic acids is 2. The zero-order chi connectivity index (χ0) is 26.0. The van der Waals surface area contributed by atoms with E-state index in [1.54, 1.807) is 12.1 Å². The number of rotatable bonds is 11. The quantitative estimate of drug-likeness (QED) is 0.281. The molecule has 4 aromatic rings. The molecular formula is C29H30N4O4. The SMILES string of the molecule is COC(=O)CCNC(=O)c1ccc(NCC(C)Cc2ccc(-c3nnc(-c4ccccc4)o3)cc2)cc1. The summed E-state index contributed by atoms with van der Waals surface area (Å²) in [5.41, 5.74) is 4.49. The van der Waals surface area contributed by atoms with Crippen LogP contribution in [0.25, 0.3) is 22.9 Å². The van der Waals surface area contributed by atoms with E-state index in [1.807, 2.05) is 54.6 Å². The highest BCUT2D eigenvalue weighted by Gasteiger charge is 2.11. The molecule has 0 saturated carbocycles. The van der Waals surface area contributed by atoms with Crippen molar-refractivity contribution in [3.05, 3.63) is 90.0 Å². The molecule has 8 heteroatoms. The number of hydrogen-bond donors (Lipinski definition) is 2. The summed E-state index contributed by atoms with van der Waals surface area (Å²) in [6, 6.07) is 25.2. The van der Waals surface area contributed by atoms with Gasteiger partial charge in [-0.2, -0.15) is 0 Å². The van der Waals surface area contributed by atoms with Crippen LogP contribution in [0, 0.1) is 5.92 Å². The Morgan fingerprint density at radius 3 is 2.19 bits per heavy atom. The van der Waals surface area contributed by atoms with E-state index in [1.165, 1.54) is 12.7 Å². The van der Waals surface area contributed by atoms with Crippen molar-refractivity contribution in [3.8, 4) is 22.9 Å². The second-order valence-corrected chi connectivity index (χ2v) is 8.82. The number of ether oxygens (including phenoxy) is 1. The molecule has 0 aliphatic carbocycles. The van der Waals surface area contributed by atoms with Gasteiger partial charge in [-0.15, -0.1) is 10.2 Å². The van der Waals surface area contributed by atoms with Gasteiger partial charge >= 0.3 is 5.97 Å². The van der Waals surface area contributed by atoms with Crippen molar-refractivity contribution in [3.63, 3.8) is 0 Å². The first-order valence-corrected chi connectivity index (χ1v) is 12.2. The van der Waals surface area contributed by atoms with Crippen LogP contribution in [0.15, 0.2) is 83.3 Å². The minimum Gasteiger partial charge on any atom is -0.469 e. The van der Waals surface area contributed by atoms with E-state index in [-0.39, 0.29) is 24.8 Å². The first-order valence-electron chi connectivity index (χ1n) is 12.2. The molecule has 0 aliphatic heterocycles. The van der Waals surface area contributed by atoms with Gasteiger partial charge in [0.05, 0.1) is 13.5 Å². The van der Waals surface area contributed by atoms with Crippen molar-refractivity contribution in [2.24, 2.45) is 5.92 Å². The summed E-state index contributed by atoms with van der Waals surface area (Å²) < 4.78 is 10.4. The van der Waals surface area contributed by atoms with Crippen molar-refractivity contribution in [2.45, 2.75) is 19.8 Å². The fourth-order valence-corrected chi connectivity index (χ4v) is 3.81. The van der Waals surface area contributed by atoms with Crippen LogP contribution in [0.4, 0.5) is 5.69 Å². The Morgan fingerprint density at radius 2 is 1.54 bits per heavy atom. The van der Waals surface area contributed by atoms with Crippen molar-refractivity contribution in [2.75, 3.05) is 25.5 Å². The second kappa shape index (κ2) is 12.5. The number of aromatic nitrogens is 2. The van der Waals surface area contributed by atoms with Gasteiger partial charge in [-0.25, -0.2) is 0 Å². The summed E-state index contributed by atoms with van der Waals surface area (Å²) in [7, 11) is 1.33. The Labute approximate surface area is 216 Å². The highest BCUT2D eigenvalue weighted by molar-refractivity contribution is 5.94. The largest absolute Gasteiger partial charge is 0.469 e. The number of hydrogen-bond acceptors (Lipinski definition) is 7. The third kappa shape index (κ3) is 7.27. The Morgan fingerprint density at radius 1 is 0.892 bits per heavy atom. The van der Waals surface area contributed by atoms with E-state index < -0.39 is 0 Å². The van der Waals surface area contributed by atoms with Gasteiger partial charge in [0.2, 0.25) is 11.8 Å². The molecule has 0 saturated heterocycles. The smallest absolute Gasteiger partial charge is 0.307 e. The number of esters is 1. The minimum absolute atomic E-state index is 0.147. The Kier molecular flexibility index (Phi) is 8.65. The second-order valence-electron chi connectivity index (χ2n) is 8.82. The fourth-order valence-electron chi connectivity index (χ4n) is 3.81. The summed E-state index contributed by atoms with van der Waals surface area (Å²) in [5.74, 6) is 0.825. The van der Waals surface area contributed by atoms with Crippen LogP contribution >= 0.6 is 0 Å². The molecule has 1 amide bonds. The average Bonchev–Trinajstić information content (AvgIpc) is 3.43. The maximum Gasteiger partial charge on any atom is 0.307 e. The van der Waals surface area contributed by atoms with Crippen molar-refractivity contribution < 1.29 is 18.7 Å². The molecule has 0 radical (unpaired) electrons. The maximum absolute atomic E-state index is 12.2. The average molecular weight is 499 g/mol. The molecule has 0 aliphatic rings. The van der Waals surface area contributed by atoms with E-state index in [2.05, 4.69) is 44.6 Å². The normalized spacial score (nSPS) is 11.5. The lowest BCUT2D eigenvalue weighted by Crippen LogP contribution is -2.26. The standard InChI is InChI=1S/C29H30N4O4/c1-20(19-31-25-14-12-22(13-15-25)27(35)30-17-16-26(34)36-2)18-21-8-10-24(11-9-21)29-33-32-28(37-29)23-6-4-3-5-7-23/h3-15,20,31H,16-19H2,1-2H3,(H,30,35). The number of anilines is 1. The molecule has 3 aromatic carbocycles. The molecule has 0 bridgehead atoms. The predicted octanol–water partition coefficient (Wildman–Crippen LogP) is 4.99. The Hall–Kier alpha value is -4.46. The van der Waals surface area contributed by atoms with E-state index in [0.29, 0.717) is 23.3 Å². The summed E-state index contributed by atoms with van der Waals surface area (Å²) in [5, 5.41) is 14.5. The van der Waals surface area contributed by atoms with Crippen LogP contribution < -0.4 is 10.6 Å². The van der Waals surface area contributed by atoms with Crippen molar-refractivity contribution in [1.29, 1.82) is 0 Å². The van der Waals surface area contributed by atoms with E-state index in [4.69, 9.17) is 4.42 Å². The molecular weight excluding hydrogens is 468 g/mol. The number of methoxy groups -OCH3 is 1. The van der Waals surface area contributed by atoms with Gasteiger partial charge in [-0.1, -0.05) is 37.3 Å².